The van der Waals surface area contributed by atoms with Gasteiger partial charge in [0.1, 0.15) is 0 Å². The summed E-state index contributed by atoms with van der Waals surface area (Å²) in [6, 6.07) is 4.87. The lowest BCUT2D eigenvalue weighted by molar-refractivity contribution is 0.303. The first-order valence-corrected chi connectivity index (χ1v) is 9.09. The van der Waals surface area contributed by atoms with Gasteiger partial charge in [0.25, 0.3) is 0 Å². The predicted molar refractivity (Wildman–Crippen MR) is 103 cm³/mol. The van der Waals surface area contributed by atoms with Gasteiger partial charge in [-0.15, -0.1) is 6.58 Å². The quantitative estimate of drug-likeness (QED) is 0.570. The molecule has 0 saturated heterocycles. The molecule has 0 fully saturated rings. The maximum atomic E-state index is 3.93. The summed E-state index contributed by atoms with van der Waals surface area (Å²) in [4.78, 5) is 4.72. The molecular weight excluding hydrogens is 280 g/mol. The molecule has 23 heavy (non-hydrogen) atoms. The highest BCUT2D eigenvalue weighted by Crippen LogP contribution is 2.20. The van der Waals surface area contributed by atoms with E-state index in [0.29, 0.717) is 0 Å². The van der Waals surface area contributed by atoms with Crippen LogP contribution in [0, 0.1) is 0 Å². The van der Waals surface area contributed by atoms with E-state index in [-0.39, 0.29) is 0 Å². The van der Waals surface area contributed by atoms with Crippen molar-refractivity contribution in [3.8, 4) is 0 Å². The summed E-state index contributed by atoms with van der Waals surface area (Å²) in [5.41, 5.74) is 6.01. The Balaban J connectivity index is 2.71. The van der Waals surface area contributed by atoms with Crippen molar-refractivity contribution in [2.75, 3.05) is 40.8 Å². The normalized spacial score (nSPS) is 11.4. The van der Waals surface area contributed by atoms with Crippen LogP contribution in [0.1, 0.15) is 42.5 Å². The minimum Gasteiger partial charge on any atom is -0.309 e. The minimum atomic E-state index is 0.983. The fourth-order valence-corrected chi connectivity index (χ4v) is 3.11. The molecule has 0 amide bonds. The number of hydrogen-bond donors (Lipinski definition) is 0. The molecule has 0 N–H and O–H groups in total. The van der Waals surface area contributed by atoms with Crippen LogP contribution in [-0.2, 0) is 25.7 Å². The van der Waals surface area contributed by atoms with Crippen molar-refractivity contribution in [3.63, 3.8) is 0 Å². The van der Waals surface area contributed by atoms with E-state index in [4.69, 9.17) is 0 Å². The Morgan fingerprint density at radius 3 is 2.00 bits per heavy atom. The first-order chi connectivity index (χ1) is 11.0. The molecule has 0 radical (unpaired) electrons. The number of nitrogens with zero attached hydrogens (tertiary/aromatic N) is 2. The molecule has 0 aliphatic rings. The smallest absolute Gasteiger partial charge is 0.00189 e. The Labute approximate surface area is 144 Å². The van der Waals surface area contributed by atoms with Gasteiger partial charge in [-0.05, 0) is 88.6 Å². The van der Waals surface area contributed by atoms with Crippen LogP contribution in [0.4, 0.5) is 0 Å². The van der Waals surface area contributed by atoms with Crippen LogP contribution in [0.25, 0.3) is 0 Å². The fraction of sp³-hybridized carbons (Fsp3) is 0.619. The van der Waals surface area contributed by atoms with E-state index in [1.807, 2.05) is 6.08 Å². The van der Waals surface area contributed by atoms with E-state index < -0.39 is 0 Å². The lowest BCUT2D eigenvalue weighted by Crippen LogP contribution is -2.26. The van der Waals surface area contributed by atoms with Crippen LogP contribution < -0.4 is 0 Å². The summed E-state index contributed by atoms with van der Waals surface area (Å²) < 4.78 is 0. The summed E-state index contributed by atoms with van der Waals surface area (Å²) in [6.45, 7) is 11.9. The van der Waals surface area contributed by atoms with E-state index in [2.05, 4.69) is 63.5 Å². The predicted octanol–water partition coefficient (Wildman–Crippen LogP) is 3.97. The first kappa shape index (κ1) is 19.9. The van der Waals surface area contributed by atoms with Gasteiger partial charge in [-0.25, -0.2) is 0 Å². The number of likely N-dealkylation sites (N-methyl/N-ethyl adjacent to an activating group) is 1. The molecule has 0 saturated carbocycles. The first-order valence-electron chi connectivity index (χ1n) is 9.09. The average Bonchev–Trinajstić information content (AvgIpc) is 2.53. The van der Waals surface area contributed by atoms with Crippen molar-refractivity contribution in [1.29, 1.82) is 0 Å². The van der Waals surface area contributed by atoms with Gasteiger partial charge in [0.05, 0.1) is 0 Å². The molecule has 1 rings (SSSR count). The summed E-state index contributed by atoms with van der Waals surface area (Å²) in [7, 11) is 6.52. The SMILES string of the molecule is C=CCc1cc(CC)c(CC)cc1CCN(C)CCCN(C)C. The minimum absolute atomic E-state index is 0.983. The highest BCUT2D eigenvalue weighted by atomic mass is 15.1. The van der Waals surface area contributed by atoms with Gasteiger partial charge in [-0.3, -0.25) is 0 Å². The lowest BCUT2D eigenvalue weighted by atomic mass is 9.92. The Morgan fingerprint density at radius 1 is 0.870 bits per heavy atom. The lowest BCUT2D eigenvalue weighted by Gasteiger charge is -2.20. The van der Waals surface area contributed by atoms with Gasteiger partial charge in [0.15, 0.2) is 0 Å². The topological polar surface area (TPSA) is 6.48 Å². The summed E-state index contributed by atoms with van der Waals surface area (Å²) >= 11 is 0. The van der Waals surface area contributed by atoms with E-state index in [1.54, 1.807) is 0 Å². The van der Waals surface area contributed by atoms with Gasteiger partial charge in [0, 0.05) is 6.54 Å². The standard InChI is InChI=1S/C21H36N2/c1-7-11-20-16-18(8-2)19(9-3)17-21(20)12-15-23(6)14-10-13-22(4)5/h7,16-17H,1,8-15H2,2-6H3. The Morgan fingerprint density at radius 2 is 1.48 bits per heavy atom. The van der Waals surface area contributed by atoms with Crippen molar-refractivity contribution in [1.82, 2.24) is 9.80 Å². The Kier molecular flexibility index (Phi) is 9.20. The molecular formula is C21H36N2. The second-order valence-corrected chi connectivity index (χ2v) is 6.80. The number of allylic oxidation sites excluding steroid dienone is 1. The van der Waals surface area contributed by atoms with Crippen LogP contribution in [0.2, 0.25) is 0 Å². The van der Waals surface area contributed by atoms with Crippen molar-refractivity contribution in [3.05, 3.63) is 47.0 Å². The van der Waals surface area contributed by atoms with Gasteiger partial charge in [-0.2, -0.15) is 0 Å². The van der Waals surface area contributed by atoms with Crippen LogP contribution in [-0.4, -0.2) is 50.6 Å². The highest BCUT2D eigenvalue weighted by molar-refractivity contribution is 5.40. The fourth-order valence-electron chi connectivity index (χ4n) is 3.11. The van der Waals surface area contributed by atoms with Crippen molar-refractivity contribution < 1.29 is 0 Å². The molecule has 0 atom stereocenters. The second kappa shape index (κ2) is 10.6. The number of rotatable bonds is 11. The molecule has 2 heteroatoms. The van der Waals surface area contributed by atoms with Crippen molar-refractivity contribution in [2.45, 2.75) is 46.0 Å². The maximum absolute atomic E-state index is 3.93. The molecule has 0 spiro atoms. The molecule has 2 nitrogen and oxygen atoms in total. The zero-order valence-corrected chi connectivity index (χ0v) is 16.0. The molecule has 0 heterocycles. The zero-order valence-electron chi connectivity index (χ0n) is 16.0. The van der Waals surface area contributed by atoms with Gasteiger partial charge in [0.2, 0.25) is 0 Å². The molecule has 0 aliphatic heterocycles. The molecule has 0 aromatic heterocycles. The van der Waals surface area contributed by atoms with E-state index in [0.717, 1.165) is 38.8 Å². The third-order valence-electron chi connectivity index (χ3n) is 4.56. The maximum Gasteiger partial charge on any atom is 0.00189 e. The number of benzene rings is 1. The van der Waals surface area contributed by atoms with Gasteiger partial charge < -0.3 is 9.80 Å². The second-order valence-electron chi connectivity index (χ2n) is 6.80. The third-order valence-corrected chi connectivity index (χ3v) is 4.56. The van der Waals surface area contributed by atoms with Crippen molar-refractivity contribution in [2.24, 2.45) is 0 Å². The Hall–Kier alpha value is -1.12. The molecule has 130 valence electrons. The molecule has 0 unspecified atom stereocenters. The highest BCUT2D eigenvalue weighted by Gasteiger charge is 2.09. The number of hydrogen-bond acceptors (Lipinski definition) is 2. The summed E-state index contributed by atoms with van der Waals surface area (Å²) in [5.74, 6) is 0. The van der Waals surface area contributed by atoms with E-state index in [1.165, 1.54) is 35.2 Å². The van der Waals surface area contributed by atoms with Crippen LogP contribution in [0.15, 0.2) is 24.8 Å². The van der Waals surface area contributed by atoms with E-state index in [9.17, 15) is 0 Å². The van der Waals surface area contributed by atoms with Gasteiger partial charge >= 0.3 is 0 Å². The monoisotopic (exact) mass is 316 g/mol. The van der Waals surface area contributed by atoms with Crippen LogP contribution in [0.3, 0.4) is 0 Å². The van der Waals surface area contributed by atoms with E-state index >= 15 is 0 Å². The van der Waals surface area contributed by atoms with Gasteiger partial charge in [-0.1, -0.05) is 32.1 Å². The van der Waals surface area contributed by atoms with Crippen LogP contribution in [0.5, 0.6) is 0 Å². The molecule has 1 aromatic carbocycles. The molecule has 0 aliphatic carbocycles. The average molecular weight is 317 g/mol. The summed E-state index contributed by atoms with van der Waals surface area (Å²) in [5, 5.41) is 0. The van der Waals surface area contributed by atoms with Crippen molar-refractivity contribution >= 4 is 0 Å². The summed E-state index contributed by atoms with van der Waals surface area (Å²) in [6.07, 6.45) is 7.64. The zero-order chi connectivity index (χ0) is 17.2. The Bertz CT molecular complexity index is 477. The largest absolute Gasteiger partial charge is 0.309 e. The molecule has 0 bridgehead atoms. The number of aryl methyl sites for hydroxylation is 2. The van der Waals surface area contributed by atoms with Crippen LogP contribution >= 0.6 is 0 Å². The molecule has 1 aromatic rings. The third kappa shape index (κ3) is 6.88.